The van der Waals surface area contributed by atoms with Gasteiger partial charge in [-0.05, 0) is 23.3 Å². The molecule has 0 amide bonds. The molecule has 115 valence electrons. The van der Waals surface area contributed by atoms with Crippen molar-refractivity contribution in [1.29, 1.82) is 0 Å². The Kier molecular flexibility index (Phi) is 3.77. The fourth-order valence-electron chi connectivity index (χ4n) is 2.82. The SMILES string of the molecule is NCc1ccc(-c2nc3ccn[c]c3cc2-c2ccccc2)cc1. The lowest BCUT2D eigenvalue weighted by atomic mass is 9.97. The van der Waals surface area contributed by atoms with E-state index < -0.39 is 0 Å². The summed E-state index contributed by atoms with van der Waals surface area (Å²) in [6.07, 6.45) is 4.75. The van der Waals surface area contributed by atoms with E-state index in [-0.39, 0.29) is 0 Å². The number of fused-ring (bicyclic) bond motifs is 1. The van der Waals surface area contributed by atoms with E-state index in [1.54, 1.807) is 6.20 Å². The van der Waals surface area contributed by atoms with Crippen LogP contribution in [0.3, 0.4) is 0 Å². The molecule has 3 nitrogen and oxygen atoms in total. The molecular formula is C21H16N3. The summed E-state index contributed by atoms with van der Waals surface area (Å²) in [5.74, 6) is 0. The largest absolute Gasteiger partial charge is 0.326 e. The molecule has 2 aromatic heterocycles. The van der Waals surface area contributed by atoms with Crippen LogP contribution in [0.2, 0.25) is 0 Å². The first-order chi connectivity index (χ1) is 11.8. The number of nitrogens with two attached hydrogens (primary N) is 1. The van der Waals surface area contributed by atoms with E-state index >= 15 is 0 Å². The van der Waals surface area contributed by atoms with Crippen LogP contribution < -0.4 is 5.73 Å². The van der Waals surface area contributed by atoms with Gasteiger partial charge in [0.15, 0.2) is 0 Å². The van der Waals surface area contributed by atoms with Crippen LogP contribution in [0.1, 0.15) is 5.56 Å². The summed E-state index contributed by atoms with van der Waals surface area (Å²) in [7, 11) is 0. The van der Waals surface area contributed by atoms with Gasteiger partial charge in [-0.2, -0.15) is 0 Å². The lowest BCUT2D eigenvalue weighted by molar-refractivity contribution is 1.07. The molecular weight excluding hydrogens is 294 g/mol. The second-order valence-corrected chi connectivity index (χ2v) is 5.64. The highest BCUT2D eigenvalue weighted by molar-refractivity contribution is 5.90. The number of nitrogens with zero attached hydrogens (tertiary/aromatic N) is 2. The Bertz CT molecular complexity index is 977. The number of aromatic nitrogens is 2. The van der Waals surface area contributed by atoms with Crippen LogP contribution in [0.5, 0.6) is 0 Å². The van der Waals surface area contributed by atoms with Crippen LogP contribution >= 0.6 is 0 Å². The lowest BCUT2D eigenvalue weighted by Crippen LogP contribution is -1.96. The van der Waals surface area contributed by atoms with E-state index in [0.29, 0.717) is 6.54 Å². The molecule has 2 aromatic carbocycles. The van der Waals surface area contributed by atoms with Crippen LogP contribution in [0.25, 0.3) is 33.3 Å². The quantitative estimate of drug-likeness (QED) is 0.616. The van der Waals surface area contributed by atoms with Gasteiger partial charge in [0.05, 0.1) is 17.4 Å². The molecule has 0 bridgehead atoms. The van der Waals surface area contributed by atoms with Crippen LogP contribution in [-0.2, 0) is 6.54 Å². The molecule has 2 N–H and O–H groups in total. The van der Waals surface area contributed by atoms with E-state index in [1.165, 1.54) is 0 Å². The Labute approximate surface area is 140 Å². The summed E-state index contributed by atoms with van der Waals surface area (Å²) in [5, 5.41) is 0.915. The average molecular weight is 310 g/mol. The van der Waals surface area contributed by atoms with Crippen molar-refractivity contribution in [3.05, 3.63) is 84.7 Å². The van der Waals surface area contributed by atoms with Gasteiger partial charge in [-0.15, -0.1) is 0 Å². The third-order valence-corrected chi connectivity index (χ3v) is 4.09. The predicted molar refractivity (Wildman–Crippen MR) is 97.1 cm³/mol. The second-order valence-electron chi connectivity index (χ2n) is 5.64. The minimum Gasteiger partial charge on any atom is -0.326 e. The standard InChI is InChI=1S/C21H16N3/c22-13-15-6-8-17(9-7-15)21-19(16-4-2-1-3-5-16)12-18-14-23-11-10-20(18)24-21/h1-12H,13,22H2. The van der Waals surface area contributed by atoms with E-state index in [4.69, 9.17) is 10.7 Å². The molecule has 0 aliphatic rings. The Morgan fingerprint density at radius 3 is 2.42 bits per heavy atom. The Morgan fingerprint density at radius 2 is 1.67 bits per heavy atom. The molecule has 1 radical (unpaired) electrons. The first-order valence-electron chi connectivity index (χ1n) is 7.87. The maximum atomic E-state index is 5.71. The molecule has 0 aliphatic heterocycles. The predicted octanol–water partition coefficient (Wildman–Crippen LogP) is 4.22. The third kappa shape index (κ3) is 2.66. The van der Waals surface area contributed by atoms with Gasteiger partial charge in [0.1, 0.15) is 0 Å². The molecule has 0 spiro atoms. The first kappa shape index (κ1) is 14.5. The number of hydrogen-bond acceptors (Lipinski definition) is 3. The molecule has 0 unspecified atom stereocenters. The molecule has 24 heavy (non-hydrogen) atoms. The molecule has 4 aromatic rings. The van der Waals surface area contributed by atoms with Gasteiger partial charge in [0, 0.05) is 29.3 Å². The first-order valence-corrected chi connectivity index (χ1v) is 7.87. The van der Waals surface area contributed by atoms with Crippen molar-refractivity contribution < 1.29 is 0 Å². The Hall–Kier alpha value is -3.04. The molecule has 2 heterocycles. The van der Waals surface area contributed by atoms with Crippen LogP contribution in [0, 0.1) is 6.20 Å². The number of hydrogen-bond donors (Lipinski definition) is 1. The van der Waals surface area contributed by atoms with Gasteiger partial charge in [-0.25, -0.2) is 4.98 Å². The zero-order valence-corrected chi connectivity index (χ0v) is 13.1. The Morgan fingerprint density at radius 1 is 0.875 bits per heavy atom. The summed E-state index contributed by atoms with van der Waals surface area (Å²) >= 11 is 0. The fraction of sp³-hybridized carbons (Fsp3) is 0.0476. The summed E-state index contributed by atoms with van der Waals surface area (Å²) in [5.41, 5.74) is 11.9. The van der Waals surface area contributed by atoms with Gasteiger partial charge in [0.2, 0.25) is 0 Å². The van der Waals surface area contributed by atoms with Crippen molar-refractivity contribution in [1.82, 2.24) is 9.97 Å². The van der Waals surface area contributed by atoms with Gasteiger partial charge >= 0.3 is 0 Å². The number of benzene rings is 2. The van der Waals surface area contributed by atoms with Crippen molar-refractivity contribution in [2.75, 3.05) is 0 Å². The zero-order valence-electron chi connectivity index (χ0n) is 13.1. The minimum atomic E-state index is 0.539. The van der Waals surface area contributed by atoms with E-state index in [2.05, 4.69) is 53.6 Å². The third-order valence-electron chi connectivity index (χ3n) is 4.09. The van der Waals surface area contributed by atoms with Crippen LogP contribution in [0.4, 0.5) is 0 Å². The van der Waals surface area contributed by atoms with Crippen LogP contribution in [-0.4, -0.2) is 9.97 Å². The van der Waals surface area contributed by atoms with E-state index in [0.717, 1.165) is 38.9 Å². The maximum absolute atomic E-state index is 5.71. The lowest BCUT2D eigenvalue weighted by Gasteiger charge is -2.11. The van der Waals surface area contributed by atoms with Gasteiger partial charge in [0.25, 0.3) is 0 Å². The molecule has 0 fully saturated rings. The number of rotatable bonds is 3. The average Bonchev–Trinajstić information content (AvgIpc) is 2.68. The van der Waals surface area contributed by atoms with Crippen molar-refractivity contribution in [2.24, 2.45) is 5.73 Å². The molecule has 0 saturated heterocycles. The van der Waals surface area contributed by atoms with Crippen LogP contribution in [0.15, 0.2) is 72.9 Å². The highest BCUT2D eigenvalue weighted by Crippen LogP contribution is 2.33. The monoisotopic (exact) mass is 310 g/mol. The van der Waals surface area contributed by atoms with Gasteiger partial charge in [-0.3, -0.25) is 4.98 Å². The maximum Gasteiger partial charge on any atom is 0.0987 e. The molecule has 0 atom stereocenters. The molecule has 0 aliphatic carbocycles. The number of pyridine rings is 2. The second kappa shape index (κ2) is 6.22. The van der Waals surface area contributed by atoms with Gasteiger partial charge < -0.3 is 5.73 Å². The minimum absolute atomic E-state index is 0.539. The highest BCUT2D eigenvalue weighted by Gasteiger charge is 2.11. The van der Waals surface area contributed by atoms with Crippen molar-refractivity contribution in [3.63, 3.8) is 0 Å². The topological polar surface area (TPSA) is 51.8 Å². The zero-order chi connectivity index (χ0) is 16.4. The molecule has 4 rings (SSSR count). The van der Waals surface area contributed by atoms with Crippen molar-refractivity contribution >= 4 is 10.9 Å². The fourth-order valence-corrected chi connectivity index (χ4v) is 2.82. The smallest absolute Gasteiger partial charge is 0.0987 e. The summed E-state index contributed by atoms with van der Waals surface area (Å²) in [6.45, 7) is 0.539. The Balaban J connectivity index is 1.97. The molecule has 0 saturated carbocycles. The van der Waals surface area contributed by atoms with Gasteiger partial charge in [-0.1, -0.05) is 54.6 Å². The summed E-state index contributed by atoms with van der Waals surface area (Å²) in [4.78, 5) is 8.97. The van der Waals surface area contributed by atoms with Crippen molar-refractivity contribution in [2.45, 2.75) is 6.54 Å². The van der Waals surface area contributed by atoms with E-state index in [9.17, 15) is 0 Å². The normalized spacial score (nSPS) is 10.9. The van der Waals surface area contributed by atoms with E-state index in [1.807, 2.05) is 24.3 Å². The summed E-state index contributed by atoms with van der Waals surface area (Å²) in [6, 6.07) is 22.6. The van der Waals surface area contributed by atoms with Crippen molar-refractivity contribution in [3.8, 4) is 22.4 Å². The highest BCUT2D eigenvalue weighted by atomic mass is 14.7. The summed E-state index contributed by atoms with van der Waals surface area (Å²) < 4.78 is 0. The molecule has 3 heteroatoms.